The molecule has 0 bridgehead atoms. The van der Waals surface area contributed by atoms with Crippen LogP contribution in [-0.4, -0.2) is 21.1 Å². The molecule has 0 saturated carbocycles. The normalized spacial score (nSPS) is 10.8. The first-order valence-electron chi connectivity index (χ1n) is 4.32. The van der Waals surface area contributed by atoms with Crippen molar-refractivity contribution in [2.45, 2.75) is 6.92 Å². The summed E-state index contributed by atoms with van der Waals surface area (Å²) in [7, 11) is 1.90. The zero-order chi connectivity index (χ0) is 10.1. The standard InChI is InChI=1S/C9H10ClN3O/c1-3-14-9-8-6(4-7(10)12-9)13(2)5-11-8/h4-5H,3H2,1-2H3. The zero-order valence-corrected chi connectivity index (χ0v) is 8.75. The molecule has 2 aromatic rings. The van der Waals surface area contributed by atoms with E-state index in [4.69, 9.17) is 16.3 Å². The molecule has 2 aromatic heterocycles. The van der Waals surface area contributed by atoms with Gasteiger partial charge in [0.1, 0.15) is 5.15 Å². The van der Waals surface area contributed by atoms with Crippen molar-refractivity contribution >= 4 is 22.6 Å². The largest absolute Gasteiger partial charge is 0.476 e. The number of fused-ring (bicyclic) bond motifs is 1. The Morgan fingerprint density at radius 1 is 1.57 bits per heavy atom. The molecule has 0 aliphatic carbocycles. The number of halogens is 1. The van der Waals surface area contributed by atoms with Crippen LogP contribution in [0, 0.1) is 0 Å². The maximum atomic E-state index is 5.86. The highest BCUT2D eigenvalue weighted by molar-refractivity contribution is 6.30. The molecular formula is C9H10ClN3O. The van der Waals surface area contributed by atoms with Crippen LogP contribution in [0.25, 0.3) is 11.0 Å². The van der Waals surface area contributed by atoms with E-state index in [-0.39, 0.29) is 0 Å². The topological polar surface area (TPSA) is 39.9 Å². The van der Waals surface area contributed by atoms with Crippen molar-refractivity contribution in [1.82, 2.24) is 14.5 Å². The van der Waals surface area contributed by atoms with Gasteiger partial charge in [0.15, 0.2) is 5.52 Å². The van der Waals surface area contributed by atoms with Crippen LogP contribution >= 0.6 is 11.6 Å². The minimum Gasteiger partial charge on any atom is -0.476 e. The molecule has 14 heavy (non-hydrogen) atoms. The molecule has 0 atom stereocenters. The van der Waals surface area contributed by atoms with Gasteiger partial charge in [-0.1, -0.05) is 11.6 Å². The molecular weight excluding hydrogens is 202 g/mol. The van der Waals surface area contributed by atoms with E-state index in [0.717, 1.165) is 11.0 Å². The van der Waals surface area contributed by atoms with Gasteiger partial charge in [-0.25, -0.2) is 4.98 Å². The van der Waals surface area contributed by atoms with E-state index in [9.17, 15) is 0 Å². The summed E-state index contributed by atoms with van der Waals surface area (Å²) in [6.45, 7) is 2.45. The SMILES string of the molecule is CCOc1nc(Cl)cc2c1ncn2C. The number of pyridine rings is 1. The molecule has 74 valence electrons. The monoisotopic (exact) mass is 211 g/mol. The van der Waals surface area contributed by atoms with Gasteiger partial charge < -0.3 is 9.30 Å². The van der Waals surface area contributed by atoms with Crippen molar-refractivity contribution in [3.63, 3.8) is 0 Å². The first-order chi connectivity index (χ1) is 6.72. The molecule has 5 heteroatoms. The van der Waals surface area contributed by atoms with E-state index in [0.29, 0.717) is 17.6 Å². The Morgan fingerprint density at radius 3 is 3.07 bits per heavy atom. The van der Waals surface area contributed by atoms with Crippen molar-refractivity contribution in [2.75, 3.05) is 6.61 Å². The Hall–Kier alpha value is -1.29. The molecule has 0 saturated heterocycles. The minimum absolute atomic E-state index is 0.421. The summed E-state index contributed by atoms with van der Waals surface area (Å²) < 4.78 is 7.22. The second-order valence-electron chi connectivity index (χ2n) is 2.91. The lowest BCUT2D eigenvalue weighted by Gasteiger charge is -2.03. The van der Waals surface area contributed by atoms with Gasteiger partial charge in [-0.2, -0.15) is 4.98 Å². The summed E-state index contributed by atoms with van der Waals surface area (Å²) in [4.78, 5) is 8.27. The molecule has 2 heterocycles. The summed E-state index contributed by atoms with van der Waals surface area (Å²) >= 11 is 5.86. The molecule has 2 rings (SSSR count). The third kappa shape index (κ3) is 1.42. The average molecular weight is 212 g/mol. The van der Waals surface area contributed by atoms with Gasteiger partial charge in [-0.3, -0.25) is 0 Å². The van der Waals surface area contributed by atoms with Crippen molar-refractivity contribution < 1.29 is 4.74 Å². The van der Waals surface area contributed by atoms with Crippen LogP contribution < -0.4 is 4.74 Å². The van der Waals surface area contributed by atoms with Gasteiger partial charge in [-0.05, 0) is 6.92 Å². The van der Waals surface area contributed by atoms with Crippen molar-refractivity contribution in [1.29, 1.82) is 0 Å². The number of hydrogen-bond acceptors (Lipinski definition) is 3. The Morgan fingerprint density at radius 2 is 2.36 bits per heavy atom. The van der Waals surface area contributed by atoms with Crippen LogP contribution in [0.5, 0.6) is 5.88 Å². The summed E-state index contributed by atoms with van der Waals surface area (Å²) in [6.07, 6.45) is 1.71. The van der Waals surface area contributed by atoms with Gasteiger partial charge in [0.25, 0.3) is 0 Å². The predicted molar refractivity (Wildman–Crippen MR) is 54.7 cm³/mol. The van der Waals surface area contributed by atoms with Gasteiger partial charge in [-0.15, -0.1) is 0 Å². The fraction of sp³-hybridized carbons (Fsp3) is 0.333. The Labute approximate surface area is 86.5 Å². The second kappa shape index (κ2) is 3.46. The number of hydrogen-bond donors (Lipinski definition) is 0. The van der Waals surface area contributed by atoms with Crippen molar-refractivity contribution in [3.8, 4) is 5.88 Å². The van der Waals surface area contributed by atoms with Gasteiger partial charge in [0.2, 0.25) is 5.88 Å². The van der Waals surface area contributed by atoms with E-state index in [2.05, 4.69) is 9.97 Å². The number of imidazole rings is 1. The van der Waals surface area contributed by atoms with Gasteiger partial charge >= 0.3 is 0 Å². The maximum Gasteiger partial charge on any atom is 0.243 e. The van der Waals surface area contributed by atoms with E-state index in [1.54, 1.807) is 12.4 Å². The fourth-order valence-corrected chi connectivity index (χ4v) is 1.49. The van der Waals surface area contributed by atoms with E-state index >= 15 is 0 Å². The highest BCUT2D eigenvalue weighted by Gasteiger charge is 2.09. The molecule has 0 fully saturated rings. The average Bonchev–Trinajstić information content (AvgIpc) is 2.49. The number of rotatable bonds is 2. The van der Waals surface area contributed by atoms with Crippen LogP contribution in [0.4, 0.5) is 0 Å². The lowest BCUT2D eigenvalue weighted by atomic mass is 10.4. The van der Waals surface area contributed by atoms with Gasteiger partial charge in [0.05, 0.1) is 18.5 Å². The minimum atomic E-state index is 0.421. The summed E-state index contributed by atoms with van der Waals surface area (Å²) in [6, 6.07) is 1.77. The molecule has 0 N–H and O–H groups in total. The third-order valence-corrected chi connectivity index (χ3v) is 2.12. The molecule has 0 unspecified atom stereocenters. The number of nitrogens with zero attached hydrogens (tertiary/aromatic N) is 3. The van der Waals surface area contributed by atoms with Crippen molar-refractivity contribution in [2.24, 2.45) is 7.05 Å². The Balaban J connectivity index is 2.68. The molecule has 4 nitrogen and oxygen atoms in total. The van der Waals surface area contributed by atoms with Crippen LogP contribution in [0.3, 0.4) is 0 Å². The van der Waals surface area contributed by atoms with Gasteiger partial charge in [0, 0.05) is 13.1 Å². The van der Waals surface area contributed by atoms with Crippen LogP contribution in [-0.2, 0) is 7.05 Å². The second-order valence-corrected chi connectivity index (χ2v) is 3.29. The number of aromatic nitrogens is 3. The van der Waals surface area contributed by atoms with E-state index < -0.39 is 0 Å². The molecule has 0 aliphatic heterocycles. The number of aryl methyl sites for hydroxylation is 1. The lowest BCUT2D eigenvalue weighted by molar-refractivity contribution is 0.331. The lowest BCUT2D eigenvalue weighted by Crippen LogP contribution is -1.96. The first-order valence-corrected chi connectivity index (χ1v) is 4.70. The summed E-state index contributed by atoms with van der Waals surface area (Å²) in [5.74, 6) is 0.496. The van der Waals surface area contributed by atoms with Crippen LogP contribution in [0.2, 0.25) is 5.15 Å². The zero-order valence-electron chi connectivity index (χ0n) is 7.99. The van der Waals surface area contributed by atoms with E-state index in [1.165, 1.54) is 0 Å². The highest BCUT2D eigenvalue weighted by atomic mass is 35.5. The quantitative estimate of drug-likeness (QED) is 0.714. The fourth-order valence-electron chi connectivity index (χ4n) is 1.31. The van der Waals surface area contributed by atoms with Crippen molar-refractivity contribution in [3.05, 3.63) is 17.5 Å². The number of ether oxygens (including phenoxy) is 1. The Kier molecular flexibility index (Phi) is 2.29. The Bertz CT molecular complexity index is 466. The third-order valence-electron chi connectivity index (χ3n) is 1.93. The molecule has 0 radical (unpaired) electrons. The molecule has 0 spiro atoms. The maximum absolute atomic E-state index is 5.86. The summed E-state index contributed by atoms with van der Waals surface area (Å²) in [5, 5.41) is 0.421. The molecule has 0 aliphatic rings. The molecule has 0 amide bonds. The van der Waals surface area contributed by atoms with Crippen LogP contribution in [0.1, 0.15) is 6.92 Å². The summed E-state index contributed by atoms with van der Waals surface area (Å²) in [5.41, 5.74) is 1.67. The highest BCUT2D eigenvalue weighted by Crippen LogP contribution is 2.24. The molecule has 0 aromatic carbocycles. The first kappa shape index (κ1) is 9.27. The van der Waals surface area contributed by atoms with E-state index in [1.807, 2.05) is 18.5 Å². The predicted octanol–water partition coefficient (Wildman–Crippen LogP) is 2.02. The van der Waals surface area contributed by atoms with Crippen LogP contribution in [0.15, 0.2) is 12.4 Å². The smallest absolute Gasteiger partial charge is 0.243 e.